The van der Waals surface area contributed by atoms with E-state index in [4.69, 9.17) is 4.74 Å². The molecule has 1 aromatic carbocycles. The highest BCUT2D eigenvalue weighted by Gasteiger charge is 2.30. The van der Waals surface area contributed by atoms with E-state index < -0.39 is 0 Å². The summed E-state index contributed by atoms with van der Waals surface area (Å²) in [4.78, 5) is 17.0. The number of benzene rings is 1. The van der Waals surface area contributed by atoms with E-state index in [1.165, 1.54) is 24.8 Å². The number of carbonyl (C=O) groups excluding carboxylic acids is 1. The number of ether oxygens (including phenoxy) is 1. The average molecular weight is 316 g/mol. The van der Waals surface area contributed by atoms with E-state index in [1.807, 2.05) is 29.2 Å². The Kier molecular flexibility index (Phi) is 5.21. The number of hydrogen-bond acceptors (Lipinski definition) is 3. The summed E-state index contributed by atoms with van der Waals surface area (Å²) >= 11 is 0. The largest absolute Gasteiger partial charge is 0.497 e. The first-order valence-corrected chi connectivity index (χ1v) is 8.82. The van der Waals surface area contributed by atoms with Crippen LogP contribution in [0.25, 0.3) is 0 Å². The lowest BCUT2D eigenvalue weighted by Gasteiger charge is -2.38. The maximum Gasteiger partial charge on any atom is 0.224 e. The van der Waals surface area contributed by atoms with Gasteiger partial charge in [-0.25, -0.2) is 0 Å². The smallest absolute Gasteiger partial charge is 0.224 e. The molecule has 1 amide bonds. The Hall–Kier alpha value is -1.55. The summed E-state index contributed by atoms with van der Waals surface area (Å²) in [5.41, 5.74) is 1.17. The topological polar surface area (TPSA) is 32.8 Å². The molecule has 0 bridgehead atoms. The van der Waals surface area contributed by atoms with E-state index in [-0.39, 0.29) is 5.91 Å². The van der Waals surface area contributed by atoms with Crippen LogP contribution in [0.5, 0.6) is 5.75 Å². The lowest BCUT2D eigenvalue weighted by Crippen LogP contribution is -2.43. The normalized spacial score (nSPS) is 21.7. The molecule has 2 fully saturated rings. The van der Waals surface area contributed by atoms with Crippen LogP contribution in [0.3, 0.4) is 0 Å². The zero-order valence-electron chi connectivity index (χ0n) is 14.3. The third kappa shape index (κ3) is 3.86. The number of carbonyl (C=O) groups is 1. The molecule has 2 aliphatic rings. The second-order valence-electron chi connectivity index (χ2n) is 6.88. The molecule has 0 N–H and O–H groups in total. The summed E-state index contributed by atoms with van der Waals surface area (Å²) in [5, 5.41) is 0. The Balaban J connectivity index is 1.58. The molecule has 0 aromatic heterocycles. The van der Waals surface area contributed by atoms with Gasteiger partial charge in [0, 0.05) is 38.6 Å². The minimum atomic E-state index is 0.282. The number of rotatable bonds is 5. The van der Waals surface area contributed by atoms with Gasteiger partial charge in [-0.1, -0.05) is 18.6 Å². The Morgan fingerprint density at radius 2 is 1.91 bits per heavy atom. The van der Waals surface area contributed by atoms with Gasteiger partial charge in [-0.2, -0.15) is 0 Å². The van der Waals surface area contributed by atoms with Crippen molar-refractivity contribution in [1.29, 1.82) is 0 Å². The third-order valence-corrected chi connectivity index (χ3v) is 5.56. The van der Waals surface area contributed by atoms with Gasteiger partial charge in [0.2, 0.25) is 5.91 Å². The third-order valence-electron chi connectivity index (χ3n) is 5.56. The van der Waals surface area contributed by atoms with Crippen LogP contribution < -0.4 is 4.74 Å². The van der Waals surface area contributed by atoms with Crippen LogP contribution in [0, 0.1) is 5.92 Å². The molecular weight excluding hydrogens is 288 g/mol. The van der Waals surface area contributed by atoms with Gasteiger partial charge >= 0.3 is 0 Å². The fourth-order valence-corrected chi connectivity index (χ4v) is 3.63. The molecular formula is C19H28N2O2. The van der Waals surface area contributed by atoms with Gasteiger partial charge in [-0.15, -0.1) is 0 Å². The summed E-state index contributed by atoms with van der Waals surface area (Å²) in [6.45, 7) is 5.79. The number of amides is 1. The van der Waals surface area contributed by atoms with E-state index in [0.29, 0.717) is 19.0 Å². The molecule has 4 nitrogen and oxygen atoms in total. The zero-order chi connectivity index (χ0) is 16.2. The van der Waals surface area contributed by atoms with Crippen LogP contribution in [0.15, 0.2) is 24.3 Å². The fraction of sp³-hybridized carbons (Fsp3) is 0.632. The van der Waals surface area contributed by atoms with E-state index in [9.17, 15) is 4.79 Å². The standard InChI is InChI=1S/C19H28N2O2/c1-15(17-4-3-5-17)20-11-10-19(22)21(13-12-20)14-16-6-8-18(23-2)9-7-16/h6-9,15,17H,3-5,10-14H2,1-2H3. The lowest BCUT2D eigenvalue weighted by molar-refractivity contribution is -0.130. The van der Waals surface area contributed by atoms with Gasteiger partial charge in [0.1, 0.15) is 5.75 Å². The minimum Gasteiger partial charge on any atom is -0.497 e. The lowest BCUT2D eigenvalue weighted by atomic mass is 9.80. The monoisotopic (exact) mass is 316 g/mol. The van der Waals surface area contributed by atoms with Gasteiger partial charge in [0.15, 0.2) is 0 Å². The molecule has 1 aliphatic carbocycles. The molecule has 0 spiro atoms. The van der Waals surface area contributed by atoms with E-state index >= 15 is 0 Å². The summed E-state index contributed by atoms with van der Waals surface area (Å²) in [6, 6.07) is 8.64. The highest BCUT2D eigenvalue weighted by Crippen LogP contribution is 2.32. The molecule has 1 heterocycles. The molecule has 1 atom stereocenters. The van der Waals surface area contributed by atoms with E-state index in [0.717, 1.165) is 31.3 Å². The first kappa shape index (κ1) is 16.3. The second-order valence-corrected chi connectivity index (χ2v) is 6.88. The second kappa shape index (κ2) is 7.35. The molecule has 4 heteroatoms. The Labute approximate surface area is 139 Å². The van der Waals surface area contributed by atoms with Gasteiger partial charge in [-0.05, 0) is 43.4 Å². The molecule has 1 saturated heterocycles. The highest BCUT2D eigenvalue weighted by atomic mass is 16.5. The zero-order valence-corrected chi connectivity index (χ0v) is 14.3. The Morgan fingerprint density at radius 3 is 2.52 bits per heavy atom. The van der Waals surface area contributed by atoms with Crippen molar-refractivity contribution >= 4 is 5.91 Å². The molecule has 1 unspecified atom stereocenters. The SMILES string of the molecule is COc1ccc(CN2CCN(C(C)C3CCC3)CCC2=O)cc1. The highest BCUT2D eigenvalue weighted by molar-refractivity contribution is 5.76. The molecule has 1 aromatic rings. The van der Waals surface area contributed by atoms with Gasteiger partial charge in [0.05, 0.1) is 7.11 Å². The van der Waals surface area contributed by atoms with Crippen LogP contribution in [0.2, 0.25) is 0 Å². The first-order valence-electron chi connectivity index (χ1n) is 8.82. The summed E-state index contributed by atoms with van der Waals surface area (Å²) in [6.07, 6.45) is 4.75. The van der Waals surface area contributed by atoms with Crippen LogP contribution >= 0.6 is 0 Å². The molecule has 23 heavy (non-hydrogen) atoms. The van der Waals surface area contributed by atoms with Crippen molar-refractivity contribution in [2.75, 3.05) is 26.7 Å². The first-order chi connectivity index (χ1) is 11.2. The fourth-order valence-electron chi connectivity index (χ4n) is 3.63. The average Bonchev–Trinajstić information content (AvgIpc) is 2.69. The van der Waals surface area contributed by atoms with Gasteiger partial charge in [-0.3, -0.25) is 9.69 Å². The molecule has 1 aliphatic heterocycles. The number of hydrogen-bond donors (Lipinski definition) is 0. The van der Waals surface area contributed by atoms with Crippen molar-refractivity contribution < 1.29 is 9.53 Å². The van der Waals surface area contributed by atoms with Crippen molar-refractivity contribution in [1.82, 2.24) is 9.80 Å². The van der Waals surface area contributed by atoms with Crippen LogP contribution in [-0.4, -0.2) is 48.5 Å². The van der Waals surface area contributed by atoms with Gasteiger partial charge < -0.3 is 9.64 Å². The Morgan fingerprint density at radius 1 is 1.17 bits per heavy atom. The Bertz CT molecular complexity index is 525. The summed E-state index contributed by atoms with van der Waals surface area (Å²) < 4.78 is 5.19. The van der Waals surface area contributed by atoms with Crippen LogP contribution in [-0.2, 0) is 11.3 Å². The van der Waals surface area contributed by atoms with Crippen molar-refractivity contribution in [2.45, 2.75) is 45.2 Å². The maximum absolute atomic E-state index is 12.4. The predicted octanol–water partition coefficient (Wildman–Crippen LogP) is 2.92. The van der Waals surface area contributed by atoms with Gasteiger partial charge in [0.25, 0.3) is 0 Å². The number of nitrogens with zero attached hydrogens (tertiary/aromatic N) is 2. The van der Waals surface area contributed by atoms with Crippen molar-refractivity contribution in [2.24, 2.45) is 5.92 Å². The van der Waals surface area contributed by atoms with Crippen LogP contribution in [0.4, 0.5) is 0 Å². The quantitative estimate of drug-likeness (QED) is 0.837. The van der Waals surface area contributed by atoms with E-state index in [1.54, 1.807) is 7.11 Å². The number of methoxy groups -OCH3 is 1. The molecule has 0 radical (unpaired) electrons. The van der Waals surface area contributed by atoms with Crippen LogP contribution in [0.1, 0.15) is 38.2 Å². The summed E-state index contributed by atoms with van der Waals surface area (Å²) in [5.74, 6) is 1.99. The van der Waals surface area contributed by atoms with E-state index in [2.05, 4.69) is 11.8 Å². The van der Waals surface area contributed by atoms with Crippen molar-refractivity contribution in [3.8, 4) is 5.75 Å². The predicted molar refractivity (Wildman–Crippen MR) is 91.4 cm³/mol. The summed E-state index contributed by atoms with van der Waals surface area (Å²) in [7, 11) is 1.67. The molecule has 126 valence electrons. The minimum absolute atomic E-state index is 0.282. The van der Waals surface area contributed by atoms with Crippen molar-refractivity contribution in [3.63, 3.8) is 0 Å². The maximum atomic E-state index is 12.4. The van der Waals surface area contributed by atoms with Crippen molar-refractivity contribution in [3.05, 3.63) is 29.8 Å². The molecule has 3 rings (SSSR count). The molecule has 1 saturated carbocycles.